The van der Waals surface area contributed by atoms with Crippen LogP contribution in [0.25, 0.3) is 22.8 Å². The van der Waals surface area contributed by atoms with Crippen LogP contribution in [0.3, 0.4) is 0 Å². The van der Waals surface area contributed by atoms with Crippen LogP contribution in [0.2, 0.25) is 0 Å². The van der Waals surface area contributed by atoms with E-state index in [1.165, 1.54) is 0 Å². The van der Waals surface area contributed by atoms with E-state index < -0.39 is 0 Å². The van der Waals surface area contributed by atoms with Crippen molar-refractivity contribution >= 4 is 11.8 Å². The van der Waals surface area contributed by atoms with Gasteiger partial charge in [-0.1, -0.05) is 77.6 Å². The zero-order valence-electron chi connectivity index (χ0n) is 14.9. The molecule has 4 aromatic rings. The molecule has 136 valence electrons. The molecule has 2 aromatic heterocycles. The van der Waals surface area contributed by atoms with E-state index in [1.807, 2.05) is 72.3 Å². The molecule has 0 N–H and O–H groups in total. The van der Waals surface area contributed by atoms with E-state index in [9.17, 15) is 0 Å². The second kappa shape index (κ2) is 8.18. The van der Waals surface area contributed by atoms with Gasteiger partial charge in [0.15, 0.2) is 11.0 Å². The third-order valence-electron chi connectivity index (χ3n) is 4.13. The van der Waals surface area contributed by atoms with Crippen molar-refractivity contribution in [1.82, 2.24) is 24.9 Å². The highest BCUT2D eigenvalue weighted by Crippen LogP contribution is 2.23. The quantitative estimate of drug-likeness (QED) is 0.354. The number of hydrogen-bond acceptors (Lipinski definition) is 6. The Morgan fingerprint density at radius 3 is 2.37 bits per heavy atom. The average Bonchev–Trinajstić information content (AvgIpc) is 3.34. The van der Waals surface area contributed by atoms with Gasteiger partial charge in [0.25, 0.3) is 0 Å². The monoisotopic (exact) mass is 377 g/mol. The molecule has 0 atom stereocenters. The molecule has 0 radical (unpaired) electrons. The Hall–Kier alpha value is -2.93. The lowest BCUT2D eigenvalue weighted by molar-refractivity contribution is 0.378. The molecule has 4 rings (SSSR count). The molecule has 0 amide bonds. The summed E-state index contributed by atoms with van der Waals surface area (Å²) in [7, 11) is 1.99. The van der Waals surface area contributed by atoms with Crippen molar-refractivity contribution in [3.05, 3.63) is 66.6 Å². The lowest BCUT2D eigenvalue weighted by atomic mass is 10.2. The third kappa shape index (κ3) is 4.09. The Labute approximate surface area is 161 Å². The van der Waals surface area contributed by atoms with Crippen molar-refractivity contribution < 1.29 is 4.52 Å². The fourth-order valence-electron chi connectivity index (χ4n) is 2.73. The van der Waals surface area contributed by atoms with Gasteiger partial charge in [0, 0.05) is 30.3 Å². The highest BCUT2D eigenvalue weighted by molar-refractivity contribution is 7.99. The fourth-order valence-corrected chi connectivity index (χ4v) is 3.58. The Bertz CT molecular complexity index is 998. The van der Waals surface area contributed by atoms with Crippen LogP contribution in [0.1, 0.15) is 12.3 Å². The van der Waals surface area contributed by atoms with Crippen molar-refractivity contribution in [2.24, 2.45) is 7.05 Å². The summed E-state index contributed by atoms with van der Waals surface area (Å²) in [6.07, 6.45) is 1.67. The highest BCUT2D eigenvalue weighted by atomic mass is 32.2. The normalized spacial score (nSPS) is 11.0. The summed E-state index contributed by atoms with van der Waals surface area (Å²) in [5.74, 6) is 3.09. The summed E-state index contributed by atoms with van der Waals surface area (Å²) < 4.78 is 7.38. The molecule has 0 aliphatic rings. The summed E-state index contributed by atoms with van der Waals surface area (Å²) in [5.41, 5.74) is 2.04. The van der Waals surface area contributed by atoms with Gasteiger partial charge in [0.05, 0.1) is 0 Å². The summed E-state index contributed by atoms with van der Waals surface area (Å²) in [6.45, 7) is 0. The maximum Gasteiger partial charge on any atom is 0.226 e. The van der Waals surface area contributed by atoms with E-state index in [1.54, 1.807) is 11.8 Å². The maximum atomic E-state index is 5.35. The SMILES string of the molecule is Cn1c(SCCCc2nc(-c3ccccc3)no2)nnc1-c1ccccc1. The number of hydrogen-bond donors (Lipinski definition) is 0. The smallest absolute Gasteiger partial charge is 0.226 e. The number of nitrogens with zero attached hydrogens (tertiary/aromatic N) is 5. The van der Waals surface area contributed by atoms with Crippen molar-refractivity contribution in [2.75, 3.05) is 5.75 Å². The van der Waals surface area contributed by atoms with Gasteiger partial charge in [-0.15, -0.1) is 10.2 Å². The summed E-state index contributed by atoms with van der Waals surface area (Å²) in [4.78, 5) is 4.47. The van der Waals surface area contributed by atoms with Crippen molar-refractivity contribution in [3.63, 3.8) is 0 Å². The van der Waals surface area contributed by atoms with E-state index in [0.29, 0.717) is 11.7 Å². The zero-order valence-corrected chi connectivity index (χ0v) is 15.8. The first-order valence-corrected chi connectivity index (χ1v) is 9.75. The first-order valence-electron chi connectivity index (χ1n) is 8.77. The molecular weight excluding hydrogens is 358 g/mol. The molecule has 7 heteroatoms. The topological polar surface area (TPSA) is 69.6 Å². The molecule has 2 heterocycles. The van der Waals surface area contributed by atoms with Gasteiger partial charge in [0.2, 0.25) is 11.7 Å². The number of rotatable bonds is 7. The molecule has 0 saturated heterocycles. The van der Waals surface area contributed by atoms with Gasteiger partial charge in [-0.25, -0.2) is 0 Å². The van der Waals surface area contributed by atoms with Gasteiger partial charge in [-0.05, 0) is 6.42 Å². The van der Waals surface area contributed by atoms with Crippen molar-refractivity contribution in [3.8, 4) is 22.8 Å². The van der Waals surface area contributed by atoms with Crippen LogP contribution in [0, 0.1) is 0 Å². The van der Waals surface area contributed by atoms with E-state index >= 15 is 0 Å². The Balaban J connectivity index is 1.31. The average molecular weight is 377 g/mol. The molecule has 0 aliphatic heterocycles. The highest BCUT2D eigenvalue weighted by Gasteiger charge is 2.12. The lowest BCUT2D eigenvalue weighted by Gasteiger charge is -2.03. The molecule has 0 saturated carbocycles. The van der Waals surface area contributed by atoms with Gasteiger partial charge >= 0.3 is 0 Å². The fraction of sp³-hybridized carbons (Fsp3) is 0.200. The van der Waals surface area contributed by atoms with Crippen LogP contribution in [0.5, 0.6) is 0 Å². The van der Waals surface area contributed by atoms with Crippen LogP contribution in [0.15, 0.2) is 70.3 Å². The van der Waals surface area contributed by atoms with Crippen LogP contribution >= 0.6 is 11.8 Å². The minimum atomic E-state index is 0.638. The molecule has 0 aliphatic carbocycles. The molecule has 0 fully saturated rings. The van der Waals surface area contributed by atoms with Gasteiger partial charge in [-0.3, -0.25) is 0 Å². The van der Waals surface area contributed by atoms with Crippen LogP contribution in [0.4, 0.5) is 0 Å². The minimum Gasteiger partial charge on any atom is -0.339 e. The summed E-state index contributed by atoms with van der Waals surface area (Å²) >= 11 is 1.68. The van der Waals surface area contributed by atoms with Crippen molar-refractivity contribution in [1.29, 1.82) is 0 Å². The van der Waals surface area contributed by atoms with E-state index in [4.69, 9.17) is 4.52 Å². The summed E-state index contributed by atoms with van der Waals surface area (Å²) in [5, 5.41) is 13.6. The zero-order chi connectivity index (χ0) is 18.5. The molecule has 6 nitrogen and oxygen atoms in total. The first kappa shape index (κ1) is 17.5. The van der Waals surface area contributed by atoms with Crippen LogP contribution in [-0.4, -0.2) is 30.7 Å². The largest absolute Gasteiger partial charge is 0.339 e. The van der Waals surface area contributed by atoms with Gasteiger partial charge in [0.1, 0.15) is 0 Å². The molecule has 0 spiro atoms. The van der Waals surface area contributed by atoms with Crippen LogP contribution in [-0.2, 0) is 13.5 Å². The minimum absolute atomic E-state index is 0.638. The number of aryl methyl sites for hydroxylation is 1. The third-order valence-corrected chi connectivity index (χ3v) is 5.24. The van der Waals surface area contributed by atoms with Crippen LogP contribution < -0.4 is 0 Å². The molecule has 0 bridgehead atoms. The Kier molecular flexibility index (Phi) is 5.29. The standard InChI is InChI=1S/C20H19N5OS/c1-25-19(16-11-6-3-7-12-16)22-23-20(25)27-14-8-13-17-21-18(24-26-17)15-9-4-2-5-10-15/h2-7,9-12H,8,13-14H2,1H3. The molecule has 0 unspecified atom stereocenters. The van der Waals surface area contributed by atoms with Crippen molar-refractivity contribution in [2.45, 2.75) is 18.0 Å². The van der Waals surface area contributed by atoms with E-state index in [0.717, 1.165) is 40.7 Å². The number of thioether (sulfide) groups is 1. The summed E-state index contributed by atoms with van der Waals surface area (Å²) in [6, 6.07) is 19.9. The van der Waals surface area contributed by atoms with E-state index in [2.05, 4.69) is 20.3 Å². The van der Waals surface area contributed by atoms with E-state index in [-0.39, 0.29) is 0 Å². The Morgan fingerprint density at radius 1 is 0.926 bits per heavy atom. The Morgan fingerprint density at radius 2 is 1.63 bits per heavy atom. The maximum absolute atomic E-state index is 5.35. The first-order chi connectivity index (χ1) is 13.3. The number of benzene rings is 2. The molecule has 2 aromatic carbocycles. The molecule has 27 heavy (non-hydrogen) atoms. The number of aromatic nitrogens is 5. The second-order valence-corrected chi connectivity index (χ2v) is 7.12. The van der Waals surface area contributed by atoms with Gasteiger partial charge in [-0.2, -0.15) is 4.98 Å². The lowest BCUT2D eigenvalue weighted by Crippen LogP contribution is -1.96. The van der Waals surface area contributed by atoms with Gasteiger partial charge < -0.3 is 9.09 Å². The second-order valence-electron chi connectivity index (χ2n) is 6.06. The predicted molar refractivity (Wildman–Crippen MR) is 105 cm³/mol. The predicted octanol–water partition coefficient (Wildman–Crippen LogP) is 4.26. The molecular formula is C20H19N5OS.